The highest BCUT2D eigenvalue weighted by molar-refractivity contribution is 5.90. The lowest BCUT2D eigenvalue weighted by molar-refractivity contribution is -0.126. The highest BCUT2D eigenvalue weighted by Gasteiger charge is 2.38. The van der Waals surface area contributed by atoms with Gasteiger partial charge in [0, 0.05) is 24.8 Å². The van der Waals surface area contributed by atoms with Crippen LogP contribution in [0.1, 0.15) is 44.9 Å². The molecule has 1 heterocycles. The van der Waals surface area contributed by atoms with Gasteiger partial charge in [0.25, 0.3) is 0 Å². The molecule has 136 valence electrons. The molecule has 5 nitrogen and oxygen atoms in total. The van der Waals surface area contributed by atoms with E-state index >= 15 is 0 Å². The van der Waals surface area contributed by atoms with E-state index < -0.39 is 0 Å². The number of halogens is 1. The zero-order chi connectivity index (χ0) is 17.6. The summed E-state index contributed by atoms with van der Waals surface area (Å²) in [5.41, 5.74) is 0.569. The van der Waals surface area contributed by atoms with Crippen molar-refractivity contribution in [3.63, 3.8) is 0 Å². The molecule has 1 aromatic rings. The van der Waals surface area contributed by atoms with Crippen molar-refractivity contribution in [1.29, 1.82) is 0 Å². The minimum absolute atomic E-state index is 0.0569. The van der Waals surface area contributed by atoms with Crippen LogP contribution in [0.4, 0.5) is 14.9 Å². The summed E-state index contributed by atoms with van der Waals surface area (Å²) < 4.78 is 13.1. The van der Waals surface area contributed by atoms with Gasteiger partial charge in [-0.15, -0.1) is 0 Å². The number of nitrogens with zero attached hydrogens (tertiary/aromatic N) is 1. The quantitative estimate of drug-likeness (QED) is 0.816. The van der Waals surface area contributed by atoms with Crippen LogP contribution in [-0.4, -0.2) is 36.0 Å². The molecule has 0 bridgehead atoms. The molecule has 2 aliphatic rings. The van der Waals surface area contributed by atoms with Crippen LogP contribution in [0.2, 0.25) is 0 Å². The molecule has 1 aliphatic heterocycles. The minimum Gasteiger partial charge on any atom is -0.356 e. The standard InChI is InChI=1S/C19H26FN3O2/c20-14-8-10-15(11-9-14)22-19(25)23-13-4-2-1-3-12-21-18(24)16-6-5-7-17(16)23/h8-11,16-17H,1-7,12-13H2,(H,21,24)(H,22,25). The summed E-state index contributed by atoms with van der Waals surface area (Å²) in [5, 5.41) is 5.88. The lowest BCUT2D eigenvalue weighted by atomic mass is 10.0. The van der Waals surface area contributed by atoms with Crippen molar-refractivity contribution >= 4 is 17.6 Å². The second-order valence-corrected chi connectivity index (χ2v) is 6.94. The molecular weight excluding hydrogens is 321 g/mol. The van der Waals surface area contributed by atoms with Crippen molar-refractivity contribution in [3.8, 4) is 0 Å². The van der Waals surface area contributed by atoms with Gasteiger partial charge in [0.1, 0.15) is 5.82 Å². The Morgan fingerprint density at radius 1 is 1.08 bits per heavy atom. The molecule has 1 aliphatic carbocycles. The predicted molar refractivity (Wildman–Crippen MR) is 94.7 cm³/mol. The second kappa shape index (κ2) is 8.32. The molecule has 1 aromatic carbocycles. The molecule has 1 saturated heterocycles. The fraction of sp³-hybridized carbons (Fsp3) is 0.579. The van der Waals surface area contributed by atoms with Crippen molar-refractivity contribution in [2.24, 2.45) is 5.92 Å². The summed E-state index contributed by atoms with van der Waals surface area (Å²) in [7, 11) is 0. The predicted octanol–water partition coefficient (Wildman–Crippen LogP) is 3.52. The van der Waals surface area contributed by atoms with Crippen molar-refractivity contribution in [1.82, 2.24) is 10.2 Å². The first-order chi connectivity index (χ1) is 12.1. The third-order valence-electron chi connectivity index (χ3n) is 5.20. The third-order valence-corrected chi connectivity index (χ3v) is 5.20. The molecule has 2 unspecified atom stereocenters. The Morgan fingerprint density at radius 2 is 1.84 bits per heavy atom. The monoisotopic (exact) mass is 347 g/mol. The molecule has 25 heavy (non-hydrogen) atoms. The maximum absolute atomic E-state index is 13.1. The van der Waals surface area contributed by atoms with Gasteiger partial charge in [-0.05, 0) is 49.9 Å². The molecule has 2 fully saturated rings. The number of fused-ring (bicyclic) bond motifs is 1. The van der Waals surface area contributed by atoms with Gasteiger partial charge in [0.15, 0.2) is 0 Å². The Kier molecular flexibility index (Phi) is 5.89. The first-order valence-corrected chi connectivity index (χ1v) is 9.26. The number of carbonyl (C=O) groups excluding carboxylic acids is 2. The van der Waals surface area contributed by atoms with Gasteiger partial charge in [0.2, 0.25) is 5.91 Å². The van der Waals surface area contributed by atoms with Crippen molar-refractivity contribution in [2.45, 2.75) is 51.0 Å². The molecule has 3 rings (SSSR count). The number of hydrogen-bond acceptors (Lipinski definition) is 2. The van der Waals surface area contributed by atoms with Gasteiger partial charge >= 0.3 is 6.03 Å². The van der Waals surface area contributed by atoms with Gasteiger partial charge < -0.3 is 15.5 Å². The zero-order valence-corrected chi connectivity index (χ0v) is 14.5. The molecule has 0 spiro atoms. The topological polar surface area (TPSA) is 61.4 Å². The zero-order valence-electron chi connectivity index (χ0n) is 14.5. The van der Waals surface area contributed by atoms with E-state index in [2.05, 4.69) is 10.6 Å². The van der Waals surface area contributed by atoms with E-state index in [9.17, 15) is 14.0 Å². The summed E-state index contributed by atoms with van der Waals surface area (Å²) in [4.78, 5) is 27.1. The largest absolute Gasteiger partial charge is 0.356 e. The van der Waals surface area contributed by atoms with Crippen LogP contribution in [-0.2, 0) is 4.79 Å². The molecule has 0 aromatic heterocycles. The first-order valence-electron chi connectivity index (χ1n) is 9.26. The van der Waals surface area contributed by atoms with E-state index in [4.69, 9.17) is 0 Å². The number of carbonyl (C=O) groups is 2. The maximum Gasteiger partial charge on any atom is 0.322 e. The van der Waals surface area contributed by atoms with Crippen LogP contribution in [0.5, 0.6) is 0 Å². The van der Waals surface area contributed by atoms with Gasteiger partial charge in [0.05, 0.1) is 5.92 Å². The fourth-order valence-corrected chi connectivity index (χ4v) is 3.87. The fourth-order valence-electron chi connectivity index (χ4n) is 3.87. The van der Waals surface area contributed by atoms with Gasteiger partial charge in [-0.25, -0.2) is 9.18 Å². The summed E-state index contributed by atoms with van der Waals surface area (Å²) in [5.74, 6) is -0.387. The van der Waals surface area contributed by atoms with Crippen molar-refractivity contribution < 1.29 is 14.0 Å². The van der Waals surface area contributed by atoms with Gasteiger partial charge in [-0.3, -0.25) is 4.79 Å². The number of rotatable bonds is 1. The van der Waals surface area contributed by atoms with E-state index in [1.54, 1.807) is 12.1 Å². The highest BCUT2D eigenvalue weighted by atomic mass is 19.1. The lowest BCUT2D eigenvalue weighted by Crippen LogP contribution is -2.48. The van der Waals surface area contributed by atoms with Gasteiger partial charge in [-0.1, -0.05) is 19.3 Å². The molecule has 0 radical (unpaired) electrons. The summed E-state index contributed by atoms with van der Waals surface area (Å²) >= 11 is 0. The van der Waals surface area contributed by atoms with Crippen LogP contribution in [0.3, 0.4) is 0 Å². The summed E-state index contributed by atoms with van der Waals surface area (Å²) in [6.07, 6.45) is 6.69. The second-order valence-electron chi connectivity index (χ2n) is 6.94. The van der Waals surface area contributed by atoms with E-state index in [0.717, 1.165) is 51.5 Å². The first kappa shape index (κ1) is 17.7. The molecule has 3 amide bonds. The van der Waals surface area contributed by atoms with Crippen LogP contribution in [0, 0.1) is 11.7 Å². The number of hydrogen-bond donors (Lipinski definition) is 2. The van der Waals surface area contributed by atoms with Crippen LogP contribution in [0.25, 0.3) is 0 Å². The molecule has 2 atom stereocenters. The number of amides is 3. The van der Waals surface area contributed by atoms with Gasteiger partial charge in [-0.2, -0.15) is 0 Å². The van der Waals surface area contributed by atoms with E-state index in [1.807, 2.05) is 4.90 Å². The highest BCUT2D eigenvalue weighted by Crippen LogP contribution is 2.31. The van der Waals surface area contributed by atoms with Crippen molar-refractivity contribution in [3.05, 3.63) is 30.1 Å². The summed E-state index contributed by atoms with van der Waals surface area (Å²) in [6, 6.07) is 5.51. The Bertz CT molecular complexity index is 605. The maximum atomic E-state index is 13.1. The average Bonchev–Trinajstić information content (AvgIpc) is 3.07. The lowest BCUT2D eigenvalue weighted by Gasteiger charge is -2.32. The van der Waals surface area contributed by atoms with Crippen LogP contribution >= 0.6 is 0 Å². The normalized spacial score (nSPS) is 24.8. The number of benzene rings is 1. The molecule has 1 saturated carbocycles. The third kappa shape index (κ3) is 4.50. The molecule has 6 heteroatoms. The van der Waals surface area contributed by atoms with Crippen LogP contribution < -0.4 is 10.6 Å². The Morgan fingerprint density at radius 3 is 2.64 bits per heavy atom. The Hall–Kier alpha value is -2.11. The van der Waals surface area contributed by atoms with Crippen LogP contribution in [0.15, 0.2) is 24.3 Å². The molecular formula is C19H26FN3O2. The van der Waals surface area contributed by atoms with E-state index in [1.165, 1.54) is 12.1 Å². The number of nitrogens with one attached hydrogen (secondary N) is 2. The number of anilines is 1. The smallest absolute Gasteiger partial charge is 0.322 e. The van der Waals surface area contributed by atoms with E-state index in [0.29, 0.717) is 12.2 Å². The van der Waals surface area contributed by atoms with E-state index in [-0.39, 0.29) is 29.7 Å². The minimum atomic E-state index is -0.333. The Labute approximate surface area is 148 Å². The Balaban J connectivity index is 1.75. The van der Waals surface area contributed by atoms with Crippen molar-refractivity contribution in [2.75, 3.05) is 18.4 Å². The average molecular weight is 347 g/mol. The summed E-state index contributed by atoms with van der Waals surface area (Å²) in [6.45, 7) is 1.38. The SMILES string of the molecule is O=C1NCCCCCCN(C(=O)Nc2ccc(F)cc2)C2CCCC12. The number of urea groups is 1. The molecule has 2 N–H and O–H groups in total.